The molecule has 1 unspecified atom stereocenters. The Labute approximate surface area is 185 Å². The van der Waals surface area contributed by atoms with E-state index in [9.17, 15) is 9.59 Å². The molecule has 0 spiro atoms. The second kappa shape index (κ2) is 10.3. The van der Waals surface area contributed by atoms with E-state index in [-0.39, 0.29) is 6.04 Å². The van der Waals surface area contributed by atoms with Crippen LogP contribution in [0.25, 0.3) is 0 Å². The van der Waals surface area contributed by atoms with Crippen LogP contribution in [-0.2, 0) is 16.0 Å². The summed E-state index contributed by atoms with van der Waals surface area (Å²) in [6.45, 7) is 2.36. The largest absolute Gasteiger partial charge is 0.378 e. The molecular weight excluding hydrogens is 390 g/mol. The summed E-state index contributed by atoms with van der Waals surface area (Å²) in [4.78, 5) is 30.9. The van der Waals surface area contributed by atoms with Crippen molar-refractivity contribution < 1.29 is 9.59 Å². The first kappa shape index (κ1) is 22.6. The van der Waals surface area contributed by atoms with Crippen molar-refractivity contribution in [1.29, 1.82) is 0 Å². The zero-order valence-electron chi connectivity index (χ0n) is 18.9. The highest BCUT2D eigenvalue weighted by molar-refractivity contribution is 6.35. The van der Waals surface area contributed by atoms with Gasteiger partial charge in [0.2, 0.25) is 0 Å². The second-order valence-corrected chi connectivity index (χ2v) is 8.34. The Hall–Kier alpha value is -3.06. The van der Waals surface area contributed by atoms with Crippen LogP contribution in [0.5, 0.6) is 0 Å². The molecule has 2 amide bonds. The lowest BCUT2D eigenvalue weighted by Crippen LogP contribution is -2.45. The molecule has 0 fully saturated rings. The molecule has 0 saturated carbocycles. The summed E-state index contributed by atoms with van der Waals surface area (Å²) in [6.07, 6.45) is 0.974. The van der Waals surface area contributed by atoms with Crippen molar-refractivity contribution in [1.82, 2.24) is 15.5 Å². The minimum absolute atomic E-state index is 0.0570. The lowest BCUT2D eigenvalue weighted by molar-refractivity contribution is -0.139. The van der Waals surface area contributed by atoms with Crippen molar-refractivity contribution in [3.63, 3.8) is 0 Å². The molecule has 7 nitrogen and oxygen atoms in total. The average Bonchev–Trinajstić information content (AvgIpc) is 3.18. The van der Waals surface area contributed by atoms with Gasteiger partial charge >= 0.3 is 11.8 Å². The number of carbonyl (C=O) groups excluding carboxylic acids is 2. The van der Waals surface area contributed by atoms with Crippen molar-refractivity contribution in [3.05, 3.63) is 59.7 Å². The number of para-hydroxylation sites is 1. The molecule has 1 heterocycles. The van der Waals surface area contributed by atoms with E-state index < -0.39 is 11.8 Å². The van der Waals surface area contributed by atoms with Gasteiger partial charge in [-0.2, -0.15) is 0 Å². The quantitative estimate of drug-likeness (QED) is 0.632. The highest BCUT2D eigenvalue weighted by Crippen LogP contribution is 2.35. The predicted molar refractivity (Wildman–Crippen MR) is 126 cm³/mol. The molecule has 3 rings (SSSR count). The van der Waals surface area contributed by atoms with Crippen LogP contribution in [0.1, 0.15) is 17.2 Å². The Kier molecular flexibility index (Phi) is 7.52. The van der Waals surface area contributed by atoms with Gasteiger partial charge in [-0.15, -0.1) is 0 Å². The molecule has 1 atom stereocenters. The highest BCUT2D eigenvalue weighted by atomic mass is 16.2. The first-order valence-electron chi connectivity index (χ1n) is 10.7. The number of nitrogens with one attached hydrogen (secondary N) is 2. The Morgan fingerprint density at radius 3 is 2.32 bits per heavy atom. The zero-order chi connectivity index (χ0) is 22.4. The third-order valence-electron chi connectivity index (χ3n) is 5.60. The predicted octanol–water partition coefficient (Wildman–Crippen LogP) is 1.65. The first-order chi connectivity index (χ1) is 14.9. The number of rotatable bonds is 8. The highest BCUT2D eigenvalue weighted by Gasteiger charge is 2.28. The van der Waals surface area contributed by atoms with Gasteiger partial charge in [-0.25, -0.2) is 0 Å². The Morgan fingerprint density at radius 2 is 1.65 bits per heavy atom. The van der Waals surface area contributed by atoms with Crippen LogP contribution in [0, 0.1) is 0 Å². The Balaban J connectivity index is 1.74. The maximum atomic E-state index is 12.4. The summed E-state index contributed by atoms with van der Waals surface area (Å²) >= 11 is 0. The van der Waals surface area contributed by atoms with Crippen LogP contribution in [0.4, 0.5) is 11.4 Å². The van der Waals surface area contributed by atoms with Crippen molar-refractivity contribution >= 4 is 23.2 Å². The van der Waals surface area contributed by atoms with Gasteiger partial charge in [-0.05, 0) is 49.8 Å². The van der Waals surface area contributed by atoms with E-state index in [0.29, 0.717) is 19.6 Å². The van der Waals surface area contributed by atoms with Crippen LogP contribution >= 0.6 is 0 Å². The molecule has 1 aliphatic heterocycles. The fourth-order valence-electron chi connectivity index (χ4n) is 3.83. The van der Waals surface area contributed by atoms with Crippen LogP contribution in [-0.4, -0.2) is 71.1 Å². The fraction of sp³-hybridized carbons (Fsp3) is 0.417. The van der Waals surface area contributed by atoms with Gasteiger partial charge in [0.15, 0.2) is 0 Å². The summed E-state index contributed by atoms with van der Waals surface area (Å²) in [5.74, 6) is -1.19. The van der Waals surface area contributed by atoms with Crippen molar-refractivity contribution in [2.24, 2.45) is 0 Å². The van der Waals surface area contributed by atoms with Crippen LogP contribution in [0.2, 0.25) is 0 Å². The number of fused-ring (bicyclic) bond motifs is 1. The van der Waals surface area contributed by atoms with Gasteiger partial charge in [0, 0.05) is 51.6 Å². The third-order valence-corrected chi connectivity index (χ3v) is 5.60. The molecule has 0 bridgehead atoms. The van der Waals surface area contributed by atoms with Gasteiger partial charge < -0.3 is 25.3 Å². The molecule has 2 aromatic rings. The normalized spacial score (nSPS) is 13.6. The smallest absolute Gasteiger partial charge is 0.309 e. The van der Waals surface area contributed by atoms with Crippen LogP contribution < -0.4 is 20.4 Å². The van der Waals surface area contributed by atoms with Gasteiger partial charge in [-0.3, -0.25) is 9.59 Å². The zero-order valence-corrected chi connectivity index (χ0v) is 18.9. The van der Waals surface area contributed by atoms with Crippen molar-refractivity contribution in [2.45, 2.75) is 12.5 Å². The van der Waals surface area contributed by atoms with E-state index in [1.807, 2.05) is 39.2 Å². The molecule has 0 aliphatic carbocycles. The van der Waals surface area contributed by atoms with E-state index in [0.717, 1.165) is 24.2 Å². The number of benzene rings is 2. The fourth-order valence-corrected chi connectivity index (χ4v) is 3.83. The molecule has 166 valence electrons. The molecule has 0 saturated heterocycles. The van der Waals surface area contributed by atoms with Crippen LogP contribution in [0.3, 0.4) is 0 Å². The minimum atomic E-state index is -0.596. The number of nitrogens with zero attached hydrogens (tertiary/aromatic N) is 3. The Morgan fingerprint density at radius 1 is 0.968 bits per heavy atom. The summed E-state index contributed by atoms with van der Waals surface area (Å²) in [5, 5.41) is 5.52. The molecular formula is C24H33N5O2. The number of amides is 2. The van der Waals surface area contributed by atoms with Gasteiger partial charge in [0.25, 0.3) is 0 Å². The Bertz CT molecular complexity index is 895. The summed E-state index contributed by atoms with van der Waals surface area (Å²) < 4.78 is 0. The average molecular weight is 424 g/mol. The van der Waals surface area contributed by atoms with E-state index in [4.69, 9.17) is 0 Å². The minimum Gasteiger partial charge on any atom is -0.378 e. The number of likely N-dealkylation sites (N-methyl/N-ethyl adjacent to an activating group) is 1. The lowest BCUT2D eigenvalue weighted by atomic mass is 10.0. The molecule has 7 heteroatoms. The number of anilines is 2. The second-order valence-electron chi connectivity index (χ2n) is 8.34. The van der Waals surface area contributed by atoms with Gasteiger partial charge in [0.1, 0.15) is 0 Å². The van der Waals surface area contributed by atoms with E-state index in [1.165, 1.54) is 11.3 Å². The molecule has 1 aliphatic rings. The van der Waals surface area contributed by atoms with E-state index >= 15 is 0 Å². The molecule has 2 aromatic carbocycles. The maximum Gasteiger partial charge on any atom is 0.309 e. The number of hydrogen-bond donors (Lipinski definition) is 2. The summed E-state index contributed by atoms with van der Waals surface area (Å²) in [7, 11) is 7.87. The lowest BCUT2D eigenvalue weighted by Gasteiger charge is -2.31. The van der Waals surface area contributed by atoms with E-state index in [1.54, 1.807) is 0 Å². The third kappa shape index (κ3) is 5.76. The maximum absolute atomic E-state index is 12.4. The molecule has 0 aromatic heterocycles. The molecule has 0 radical (unpaired) electrons. The number of carbonyl (C=O) groups is 2. The summed E-state index contributed by atoms with van der Waals surface area (Å²) in [6, 6.07) is 16.7. The van der Waals surface area contributed by atoms with E-state index in [2.05, 4.69) is 62.9 Å². The SMILES string of the molecule is CN(C)CCNC(=O)C(=O)NCC(c1ccc(N(C)C)cc1)N1CCc2ccccc21. The topological polar surface area (TPSA) is 67.9 Å². The standard InChI is InChI=1S/C24H33N5O2/c1-27(2)16-14-25-23(30)24(31)26-17-22(19-9-11-20(12-10-19)28(3)4)29-15-13-18-7-5-6-8-21(18)29/h5-12,22H,13-17H2,1-4H3,(H,25,30)(H,26,31). The van der Waals surface area contributed by atoms with Crippen molar-refractivity contribution in [2.75, 3.05) is 64.2 Å². The summed E-state index contributed by atoms with van der Waals surface area (Å²) in [5.41, 5.74) is 4.73. The van der Waals surface area contributed by atoms with Crippen LogP contribution in [0.15, 0.2) is 48.5 Å². The first-order valence-corrected chi connectivity index (χ1v) is 10.7. The van der Waals surface area contributed by atoms with Crippen molar-refractivity contribution in [3.8, 4) is 0 Å². The van der Waals surface area contributed by atoms with Gasteiger partial charge in [-0.1, -0.05) is 30.3 Å². The monoisotopic (exact) mass is 423 g/mol. The molecule has 2 N–H and O–H groups in total. The molecule has 31 heavy (non-hydrogen) atoms. The van der Waals surface area contributed by atoms with Gasteiger partial charge in [0.05, 0.1) is 6.04 Å². The number of hydrogen-bond acceptors (Lipinski definition) is 5.